The van der Waals surface area contributed by atoms with Crippen LogP contribution in [0, 0.1) is 0 Å². The molecule has 198 valence electrons. The lowest BCUT2D eigenvalue weighted by Gasteiger charge is -2.25. The molecular formula is C41H34. The van der Waals surface area contributed by atoms with Crippen LogP contribution in [0.15, 0.2) is 115 Å². The summed E-state index contributed by atoms with van der Waals surface area (Å²) in [5, 5.41) is 8.15. The van der Waals surface area contributed by atoms with Crippen LogP contribution in [0.4, 0.5) is 0 Å². The van der Waals surface area contributed by atoms with Crippen LogP contribution in [-0.2, 0) is 10.8 Å². The average Bonchev–Trinajstić information content (AvgIpc) is 3.21. The van der Waals surface area contributed by atoms with Gasteiger partial charge in [0.1, 0.15) is 0 Å². The second-order valence-electron chi connectivity index (χ2n) is 13.4. The van der Waals surface area contributed by atoms with Crippen molar-refractivity contribution in [1.82, 2.24) is 0 Å². The molecule has 1 aliphatic carbocycles. The van der Waals surface area contributed by atoms with Gasteiger partial charge >= 0.3 is 0 Å². The maximum absolute atomic E-state index is 2.46. The van der Waals surface area contributed by atoms with Crippen molar-refractivity contribution in [3.05, 3.63) is 132 Å². The molecule has 0 radical (unpaired) electrons. The molecule has 0 fully saturated rings. The van der Waals surface area contributed by atoms with Crippen molar-refractivity contribution in [2.75, 3.05) is 0 Å². The molecule has 0 aromatic heterocycles. The van der Waals surface area contributed by atoms with E-state index in [4.69, 9.17) is 0 Å². The summed E-state index contributed by atoms with van der Waals surface area (Å²) in [6.07, 6.45) is 0. The lowest BCUT2D eigenvalue weighted by atomic mass is 9.78. The van der Waals surface area contributed by atoms with Crippen LogP contribution in [0.2, 0.25) is 0 Å². The highest BCUT2D eigenvalue weighted by Gasteiger charge is 2.37. The van der Waals surface area contributed by atoms with E-state index in [1.807, 2.05) is 0 Å². The molecule has 41 heavy (non-hydrogen) atoms. The Morgan fingerprint density at radius 1 is 0.488 bits per heavy atom. The summed E-state index contributed by atoms with van der Waals surface area (Å²) in [6, 6.07) is 43.5. The first-order valence-corrected chi connectivity index (χ1v) is 14.8. The molecule has 0 spiro atoms. The van der Waals surface area contributed by atoms with E-state index in [9.17, 15) is 0 Å². The molecule has 0 aliphatic heterocycles. The predicted molar refractivity (Wildman–Crippen MR) is 177 cm³/mol. The molecule has 7 aromatic carbocycles. The zero-order valence-corrected chi connectivity index (χ0v) is 24.5. The fourth-order valence-electron chi connectivity index (χ4n) is 7.42. The summed E-state index contributed by atoms with van der Waals surface area (Å²) in [4.78, 5) is 0. The predicted octanol–water partition coefficient (Wildman–Crippen LogP) is 11.5. The second kappa shape index (κ2) is 8.30. The van der Waals surface area contributed by atoms with Crippen LogP contribution in [0.25, 0.3) is 65.7 Å². The van der Waals surface area contributed by atoms with Gasteiger partial charge in [0.2, 0.25) is 0 Å². The molecule has 0 saturated heterocycles. The van der Waals surface area contributed by atoms with E-state index in [0.29, 0.717) is 0 Å². The summed E-state index contributed by atoms with van der Waals surface area (Å²) < 4.78 is 0. The standard InChI is InChI=1S/C41H34/c1-40(2,3)30-17-11-26(12-18-30)31-19-13-27-14-21-33-38-29(15-20-32(31)37(27)38)24-35-34-23-28(25-9-7-6-8-10-25)16-22-36(34)41(4,5)39(33)35/h6-24H,1-5H3. The van der Waals surface area contributed by atoms with Gasteiger partial charge in [0, 0.05) is 5.41 Å². The molecule has 0 heterocycles. The van der Waals surface area contributed by atoms with Gasteiger partial charge in [-0.15, -0.1) is 0 Å². The number of benzene rings is 7. The maximum atomic E-state index is 2.46. The van der Waals surface area contributed by atoms with Crippen molar-refractivity contribution in [3.63, 3.8) is 0 Å². The van der Waals surface area contributed by atoms with Gasteiger partial charge in [0.05, 0.1) is 0 Å². The van der Waals surface area contributed by atoms with Gasteiger partial charge in [0.25, 0.3) is 0 Å². The Morgan fingerprint density at radius 3 is 1.90 bits per heavy atom. The summed E-state index contributed by atoms with van der Waals surface area (Å²) in [5.74, 6) is 0. The minimum Gasteiger partial charge on any atom is -0.0622 e. The van der Waals surface area contributed by atoms with E-state index < -0.39 is 0 Å². The molecule has 8 rings (SSSR count). The van der Waals surface area contributed by atoms with E-state index in [2.05, 4.69) is 150 Å². The lowest BCUT2D eigenvalue weighted by molar-refractivity contribution is 0.590. The third-order valence-electron chi connectivity index (χ3n) is 9.56. The Kier molecular flexibility index (Phi) is 4.94. The summed E-state index contributed by atoms with van der Waals surface area (Å²) >= 11 is 0. The summed E-state index contributed by atoms with van der Waals surface area (Å²) in [5.41, 5.74) is 12.2. The smallest absolute Gasteiger partial charge is 0.0165 e. The third kappa shape index (κ3) is 3.47. The molecule has 0 bridgehead atoms. The Balaban J connectivity index is 1.38. The Labute approximate surface area is 242 Å². The zero-order valence-electron chi connectivity index (χ0n) is 24.5. The molecule has 1 aliphatic rings. The highest BCUT2D eigenvalue weighted by molar-refractivity contribution is 6.27. The lowest BCUT2D eigenvalue weighted by Crippen LogP contribution is -2.15. The molecular weight excluding hydrogens is 492 g/mol. The second-order valence-corrected chi connectivity index (χ2v) is 13.4. The topological polar surface area (TPSA) is 0 Å². The van der Waals surface area contributed by atoms with Crippen molar-refractivity contribution in [1.29, 1.82) is 0 Å². The van der Waals surface area contributed by atoms with E-state index in [0.717, 1.165) is 0 Å². The average molecular weight is 527 g/mol. The van der Waals surface area contributed by atoms with Gasteiger partial charge < -0.3 is 0 Å². The van der Waals surface area contributed by atoms with Crippen molar-refractivity contribution in [2.24, 2.45) is 0 Å². The molecule has 0 unspecified atom stereocenters. The van der Waals surface area contributed by atoms with Gasteiger partial charge in [-0.25, -0.2) is 0 Å². The van der Waals surface area contributed by atoms with Crippen LogP contribution in [0.5, 0.6) is 0 Å². The fourth-order valence-corrected chi connectivity index (χ4v) is 7.42. The van der Waals surface area contributed by atoms with Gasteiger partial charge in [-0.2, -0.15) is 0 Å². The Morgan fingerprint density at radius 2 is 1.15 bits per heavy atom. The highest BCUT2D eigenvalue weighted by Crippen LogP contribution is 2.54. The normalized spacial score (nSPS) is 14.2. The van der Waals surface area contributed by atoms with Gasteiger partial charge in [-0.1, -0.05) is 138 Å². The van der Waals surface area contributed by atoms with E-state index in [-0.39, 0.29) is 10.8 Å². The minimum atomic E-state index is -0.0756. The van der Waals surface area contributed by atoms with Gasteiger partial charge in [0.15, 0.2) is 0 Å². The van der Waals surface area contributed by atoms with Crippen molar-refractivity contribution < 1.29 is 0 Å². The van der Waals surface area contributed by atoms with E-state index in [1.54, 1.807) is 0 Å². The zero-order chi connectivity index (χ0) is 28.1. The number of rotatable bonds is 2. The summed E-state index contributed by atoms with van der Waals surface area (Å²) in [7, 11) is 0. The number of hydrogen-bond donors (Lipinski definition) is 0. The van der Waals surface area contributed by atoms with Crippen LogP contribution < -0.4 is 0 Å². The fraction of sp³-hybridized carbons (Fsp3) is 0.171. The van der Waals surface area contributed by atoms with Crippen LogP contribution in [0.3, 0.4) is 0 Å². The first kappa shape index (κ1) is 24.4. The SMILES string of the molecule is CC(C)(C)c1ccc(-c2ccc3ccc4c5c(cc6ccc2c3c64)-c2cc(-c3ccccc3)ccc2C5(C)C)cc1. The Bertz CT molecular complexity index is 2120. The minimum absolute atomic E-state index is 0.0756. The molecule has 0 nitrogen and oxygen atoms in total. The molecule has 0 N–H and O–H groups in total. The van der Waals surface area contributed by atoms with Gasteiger partial charge in [-0.3, -0.25) is 0 Å². The molecule has 7 aromatic rings. The first-order valence-electron chi connectivity index (χ1n) is 14.8. The van der Waals surface area contributed by atoms with Crippen molar-refractivity contribution >= 4 is 32.3 Å². The van der Waals surface area contributed by atoms with Crippen LogP contribution >= 0.6 is 0 Å². The molecule has 0 saturated carbocycles. The maximum Gasteiger partial charge on any atom is 0.0165 e. The quantitative estimate of drug-likeness (QED) is 0.197. The van der Waals surface area contributed by atoms with Crippen LogP contribution in [0.1, 0.15) is 51.3 Å². The first-order chi connectivity index (χ1) is 19.7. The molecule has 0 heteroatoms. The van der Waals surface area contributed by atoms with Crippen molar-refractivity contribution in [2.45, 2.75) is 45.4 Å². The van der Waals surface area contributed by atoms with Crippen LogP contribution in [-0.4, -0.2) is 0 Å². The Hall–Kier alpha value is -4.42. The van der Waals surface area contributed by atoms with Gasteiger partial charge in [-0.05, 0) is 99.9 Å². The largest absolute Gasteiger partial charge is 0.0622 e. The molecule has 0 amide bonds. The highest BCUT2D eigenvalue weighted by atomic mass is 14.4. The molecule has 0 atom stereocenters. The number of hydrogen-bond acceptors (Lipinski definition) is 0. The monoisotopic (exact) mass is 526 g/mol. The van der Waals surface area contributed by atoms with E-state index >= 15 is 0 Å². The summed E-state index contributed by atoms with van der Waals surface area (Å²) in [6.45, 7) is 11.6. The van der Waals surface area contributed by atoms with Crippen molar-refractivity contribution in [3.8, 4) is 33.4 Å². The van der Waals surface area contributed by atoms with E-state index in [1.165, 1.54) is 82.4 Å². The third-order valence-corrected chi connectivity index (χ3v) is 9.56. The number of fused-ring (bicyclic) bond motifs is 4.